The van der Waals surface area contributed by atoms with Crippen LogP contribution >= 0.6 is 38.5 Å². The Balaban J connectivity index is 2.18. The minimum absolute atomic E-state index is 0.0384. The number of hydrogen-bond acceptors (Lipinski definition) is 1. The summed E-state index contributed by atoms with van der Waals surface area (Å²) in [6, 6.07) is 19.3. The van der Waals surface area contributed by atoms with Crippen molar-refractivity contribution in [2.45, 2.75) is 20.5 Å². The lowest BCUT2D eigenvalue weighted by atomic mass is 9.95. The fourth-order valence-electron chi connectivity index (χ4n) is 2.92. The third kappa shape index (κ3) is 4.08. The monoisotopic (exact) mass is 492 g/mol. The quantitative estimate of drug-likeness (QED) is 0.414. The molecule has 3 aromatic rings. The molecular formula is C21H18BrIO. The second-order valence-corrected chi connectivity index (χ2v) is 8.27. The molecule has 0 heterocycles. The van der Waals surface area contributed by atoms with Crippen LogP contribution in [0.5, 0.6) is 0 Å². The van der Waals surface area contributed by atoms with Gasteiger partial charge in [-0.25, -0.2) is 0 Å². The Bertz CT molecular complexity index is 792. The van der Waals surface area contributed by atoms with Crippen LogP contribution < -0.4 is 0 Å². The molecule has 0 aliphatic heterocycles. The number of benzene rings is 3. The minimum Gasteiger partial charge on any atom is -0.392 e. The highest BCUT2D eigenvalue weighted by atomic mass is 127. The van der Waals surface area contributed by atoms with E-state index in [0.717, 1.165) is 26.7 Å². The maximum Gasteiger partial charge on any atom is 0.0682 e. The average Bonchev–Trinajstić information content (AvgIpc) is 2.52. The van der Waals surface area contributed by atoms with Gasteiger partial charge >= 0.3 is 0 Å². The van der Waals surface area contributed by atoms with E-state index >= 15 is 0 Å². The molecule has 0 saturated carbocycles. The van der Waals surface area contributed by atoms with Gasteiger partial charge in [0.05, 0.1) is 6.61 Å². The molecule has 0 saturated heterocycles. The minimum atomic E-state index is 0.0384. The van der Waals surface area contributed by atoms with Gasteiger partial charge in [-0.05, 0) is 118 Å². The zero-order valence-electron chi connectivity index (χ0n) is 13.6. The van der Waals surface area contributed by atoms with Gasteiger partial charge in [0.1, 0.15) is 0 Å². The maximum atomic E-state index is 9.69. The summed E-state index contributed by atoms with van der Waals surface area (Å²) >= 11 is 5.93. The summed E-state index contributed by atoms with van der Waals surface area (Å²) in [5.41, 5.74) is 7.97. The Morgan fingerprint density at radius 2 is 1.29 bits per heavy atom. The van der Waals surface area contributed by atoms with Crippen molar-refractivity contribution >= 4 is 38.5 Å². The zero-order valence-corrected chi connectivity index (χ0v) is 17.3. The Labute approximate surface area is 165 Å². The number of halogens is 2. The maximum absolute atomic E-state index is 9.69. The summed E-state index contributed by atoms with van der Waals surface area (Å²) in [7, 11) is 0. The number of aliphatic hydroxyl groups is 1. The summed E-state index contributed by atoms with van der Waals surface area (Å²) in [6.45, 7) is 4.24. The summed E-state index contributed by atoms with van der Waals surface area (Å²) < 4.78 is 2.29. The summed E-state index contributed by atoms with van der Waals surface area (Å²) in [5, 5.41) is 9.69. The molecule has 0 aliphatic rings. The first-order valence-electron chi connectivity index (χ1n) is 7.74. The lowest BCUT2D eigenvalue weighted by Gasteiger charge is -2.11. The number of hydrogen-bond donors (Lipinski definition) is 1. The molecule has 24 heavy (non-hydrogen) atoms. The molecule has 0 fully saturated rings. The van der Waals surface area contributed by atoms with Crippen LogP contribution in [-0.2, 0) is 6.61 Å². The Morgan fingerprint density at radius 1 is 0.750 bits per heavy atom. The van der Waals surface area contributed by atoms with Crippen LogP contribution in [0.1, 0.15) is 16.7 Å². The molecular weight excluding hydrogens is 475 g/mol. The predicted molar refractivity (Wildman–Crippen MR) is 113 cm³/mol. The average molecular weight is 493 g/mol. The Hall–Kier alpha value is -1.17. The molecule has 1 nitrogen and oxygen atoms in total. The SMILES string of the molecule is Cc1cc(Br)cc(-c2cc(CO)cc(-c3cc(C)cc(I)c3)c2)c1. The van der Waals surface area contributed by atoms with Crippen molar-refractivity contribution in [1.82, 2.24) is 0 Å². The van der Waals surface area contributed by atoms with Gasteiger partial charge in [-0.2, -0.15) is 0 Å². The van der Waals surface area contributed by atoms with Crippen LogP contribution in [0.2, 0.25) is 0 Å². The molecule has 3 rings (SSSR count). The first-order valence-corrected chi connectivity index (χ1v) is 9.62. The smallest absolute Gasteiger partial charge is 0.0682 e. The largest absolute Gasteiger partial charge is 0.392 e. The lowest BCUT2D eigenvalue weighted by molar-refractivity contribution is 0.282. The highest BCUT2D eigenvalue weighted by Crippen LogP contribution is 2.31. The van der Waals surface area contributed by atoms with Crippen LogP contribution in [0.25, 0.3) is 22.3 Å². The van der Waals surface area contributed by atoms with Crippen LogP contribution in [0.4, 0.5) is 0 Å². The molecule has 1 N–H and O–H groups in total. The molecule has 0 radical (unpaired) electrons. The van der Waals surface area contributed by atoms with Gasteiger partial charge in [0.25, 0.3) is 0 Å². The molecule has 0 spiro atoms. The van der Waals surface area contributed by atoms with Gasteiger partial charge in [0, 0.05) is 8.04 Å². The lowest BCUT2D eigenvalue weighted by Crippen LogP contribution is -1.90. The normalized spacial score (nSPS) is 10.9. The van der Waals surface area contributed by atoms with E-state index in [-0.39, 0.29) is 6.61 Å². The Kier molecular flexibility index (Phi) is 5.42. The molecule has 0 bridgehead atoms. The van der Waals surface area contributed by atoms with Crippen molar-refractivity contribution in [1.29, 1.82) is 0 Å². The van der Waals surface area contributed by atoms with E-state index in [9.17, 15) is 5.11 Å². The number of rotatable bonds is 3. The zero-order chi connectivity index (χ0) is 17.3. The van der Waals surface area contributed by atoms with E-state index in [1.54, 1.807) is 0 Å². The van der Waals surface area contributed by atoms with Crippen molar-refractivity contribution in [2.75, 3.05) is 0 Å². The van der Waals surface area contributed by atoms with Gasteiger partial charge in [0.2, 0.25) is 0 Å². The molecule has 0 amide bonds. The molecule has 3 aromatic carbocycles. The second-order valence-electron chi connectivity index (χ2n) is 6.11. The van der Waals surface area contributed by atoms with E-state index in [1.165, 1.54) is 20.3 Å². The molecule has 3 heteroatoms. The van der Waals surface area contributed by atoms with Crippen molar-refractivity contribution in [3.63, 3.8) is 0 Å². The molecule has 122 valence electrons. The van der Waals surface area contributed by atoms with Crippen LogP contribution in [0, 0.1) is 17.4 Å². The number of aryl methyl sites for hydroxylation is 2. The fraction of sp³-hybridized carbons (Fsp3) is 0.143. The van der Waals surface area contributed by atoms with E-state index in [4.69, 9.17) is 0 Å². The van der Waals surface area contributed by atoms with Crippen LogP contribution in [0.3, 0.4) is 0 Å². The fourth-order valence-corrected chi connectivity index (χ4v) is 4.36. The Morgan fingerprint density at radius 3 is 1.83 bits per heavy atom. The molecule has 0 atom stereocenters. The highest BCUT2D eigenvalue weighted by molar-refractivity contribution is 14.1. The van der Waals surface area contributed by atoms with E-state index in [0.29, 0.717) is 0 Å². The predicted octanol–water partition coefficient (Wildman–Crippen LogP) is 6.50. The topological polar surface area (TPSA) is 20.2 Å². The van der Waals surface area contributed by atoms with E-state index in [2.05, 4.69) is 107 Å². The van der Waals surface area contributed by atoms with Gasteiger partial charge in [-0.3, -0.25) is 0 Å². The van der Waals surface area contributed by atoms with Crippen molar-refractivity contribution in [3.05, 3.63) is 79.3 Å². The second kappa shape index (κ2) is 7.38. The van der Waals surface area contributed by atoms with Gasteiger partial charge in [-0.15, -0.1) is 0 Å². The van der Waals surface area contributed by atoms with Gasteiger partial charge in [0.15, 0.2) is 0 Å². The first-order chi connectivity index (χ1) is 11.4. The van der Waals surface area contributed by atoms with E-state index < -0.39 is 0 Å². The van der Waals surface area contributed by atoms with Crippen molar-refractivity contribution < 1.29 is 5.11 Å². The highest BCUT2D eigenvalue weighted by Gasteiger charge is 2.08. The standard InChI is InChI=1S/C21H18BrIO/c1-13-3-16(10-20(22)5-13)18-7-15(12-24)8-19(9-18)17-4-14(2)6-21(23)11-17/h3-11,24H,12H2,1-2H3. The van der Waals surface area contributed by atoms with Crippen LogP contribution in [0.15, 0.2) is 59.1 Å². The summed E-state index contributed by atoms with van der Waals surface area (Å²) in [6.07, 6.45) is 0. The van der Waals surface area contributed by atoms with Gasteiger partial charge in [-0.1, -0.05) is 28.1 Å². The third-order valence-corrected chi connectivity index (χ3v) is 5.01. The van der Waals surface area contributed by atoms with Crippen LogP contribution in [-0.4, -0.2) is 5.11 Å². The molecule has 0 aliphatic carbocycles. The summed E-state index contributed by atoms with van der Waals surface area (Å²) in [4.78, 5) is 0. The summed E-state index contributed by atoms with van der Waals surface area (Å²) in [5.74, 6) is 0. The van der Waals surface area contributed by atoms with Gasteiger partial charge < -0.3 is 5.11 Å². The van der Waals surface area contributed by atoms with Crippen molar-refractivity contribution in [2.24, 2.45) is 0 Å². The first kappa shape index (κ1) is 17.6. The molecule has 0 unspecified atom stereocenters. The van der Waals surface area contributed by atoms with Crippen molar-refractivity contribution in [3.8, 4) is 22.3 Å². The molecule has 0 aromatic heterocycles. The van der Waals surface area contributed by atoms with E-state index in [1.807, 2.05) is 0 Å². The third-order valence-electron chi connectivity index (χ3n) is 3.93. The number of aliphatic hydroxyl groups excluding tert-OH is 1.